The number of phenolic OH excluding ortho intramolecular Hbond substituents is 1. The van der Waals surface area contributed by atoms with Gasteiger partial charge >= 0.3 is 5.97 Å². The number of allylic oxidation sites excluding steroid dienone is 2. The van der Waals surface area contributed by atoms with Crippen molar-refractivity contribution in [1.29, 1.82) is 0 Å². The van der Waals surface area contributed by atoms with Crippen LogP contribution in [0.1, 0.15) is 51.2 Å². The number of carboxylic acid groups (broad SMARTS) is 1. The molecule has 132 valence electrons. The molecule has 1 saturated heterocycles. The fourth-order valence-electron chi connectivity index (χ4n) is 2.79. The number of rotatable bonds is 7. The largest absolute Gasteiger partial charge is 0.508 e. The minimum atomic E-state index is -0.797. The van der Waals surface area contributed by atoms with Crippen LogP contribution in [0.5, 0.6) is 5.75 Å². The Morgan fingerprint density at radius 2 is 2.12 bits per heavy atom. The van der Waals surface area contributed by atoms with Crippen LogP contribution in [0.15, 0.2) is 36.4 Å². The van der Waals surface area contributed by atoms with Crippen LogP contribution in [0.25, 0.3) is 0 Å². The quantitative estimate of drug-likeness (QED) is 0.736. The Hall–Kier alpha value is -1.85. The number of hydrogen-bond acceptors (Lipinski definition) is 4. The molecule has 1 aromatic rings. The van der Waals surface area contributed by atoms with Gasteiger partial charge in [-0.15, -0.1) is 0 Å². The summed E-state index contributed by atoms with van der Waals surface area (Å²) in [5.41, 5.74) is 0.768. The summed E-state index contributed by atoms with van der Waals surface area (Å²) >= 11 is 0. The second-order valence-electron chi connectivity index (χ2n) is 6.30. The normalized spacial score (nSPS) is 27.4. The van der Waals surface area contributed by atoms with Gasteiger partial charge in [-0.2, -0.15) is 0 Å². The van der Waals surface area contributed by atoms with Crippen LogP contribution in [0.4, 0.5) is 0 Å². The first-order valence-electron chi connectivity index (χ1n) is 8.41. The Bertz CT molecular complexity index is 583. The van der Waals surface area contributed by atoms with E-state index in [2.05, 4.69) is 0 Å². The standard InChI is InChI=1S/C19H26O5/c1-3-19(2)23-13-14(9-5-4-6-12-17(21)22)18(24-19)15-10-7-8-11-16(15)20/h4-5,7-8,10-11,14,18,20H,3,6,9,12-13H2,1-2H3,(H,21,22)/b5-4-. The van der Waals surface area contributed by atoms with Gasteiger partial charge in [0.05, 0.1) is 12.7 Å². The molecular weight excluding hydrogens is 308 g/mol. The van der Waals surface area contributed by atoms with Crippen molar-refractivity contribution in [3.8, 4) is 5.75 Å². The van der Waals surface area contributed by atoms with Crippen molar-refractivity contribution in [3.05, 3.63) is 42.0 Å². The molecule has 0 amide bonds. The first kappa shape index (κ1) is 18.5. The van der Waals surface area contributed by atoms with Crippen LogP contribution in [0.3, 0.4) is 0 Å². The molecule has 0 radical (unpaired) electrons. The summed E-state index contributed by atoms with van der Waals surface area (Å²) in [6.45, 7) is 4.46. The lowest BCUT2D eigenvalue weighted by atomic mass is 9.90. The van der Waals surface area contributed by atoms with Crippen LogP contribution in [-0.4, -0.2) is 28.6 Å². The summed E-state index contributed by atoms with van der Waals surface area (Å²) in [5, 5.41) is 18.9. The zero-order chi connectivity index (χ0) is 17.6. The third-order valence-electron chi connectivity index (χ3n) is 4.42. The van der Waals surface area contributed by atoms with Crippen molar-refractivity contribution in [1.82, 2.24) is 0 Å². The molecule has 24 heavy (non-hydrogen) atoms. The van der Waals surface area contributed by atoms with Gasteiger partial charge in [0, 0.05) is 17.9 Å². The zero-order valence-corrected chi connectivity index (χ0v) is 14.3. The summed E-state index contributed by atoms with van der Waals surface area (Å²) in [6, 6.07) is 7.22. The van der Waals surface area contributed by atoms with E-state index in [1.54, 1.807) is 12.1 Å². The molecule has 1 aliphatic heterocycles. The van der Waals surface area contributed by atoms with E-state index in [-0.39, 0.29) is 24.2 Å². The third kappa shape index (κ3) is 4.82. The molecule has 0 saturated carbocycles. The maximum atomic E-state index is 10.5. The Kier molecular flexibility index (Phi) is 6.40. The number of phenols is 1. The summed E-state index contributed by atoms with van der Waals surface area (Å²) in [6.07, 6.45) is 5.67. The van der Waals surface area contributed by atoms with Crippen molar-refractivity contribution in [2.45, 2.75) is 51.4 Å². The number of para-hydroxylation sites is 1. The van der Waals surface area contributed by atoms with E-state index in [1.165, 1.54) is 0 Å². The van der Waals surface area contributed by atoms with Crippen molar-refractivity contribution in [2.24, 2.45) is 5.92 Å². The van der Waals surface area contributed by atoms with Crippen LogP contribution in [-0.2, 0) is 14.3 Å². The second-order valence-corrected chi connectivity index (χ2v) is 6.30. The lowest BCUT2D eigenvalue weighted by molar-refractivity contribution is -0.306. The maximum Gasteiger partial charge on any atom is 0.303 e. The monoisotopic (exact) mass is 334 g/mol. The van der Waals surface area contributed by atoms with Crippen molar-refractivity contribution in [2.75, 3.05) is 6.61 Å². The Morgan fingerprint density at radius 3 is 2.79 bits per heavy atom. The van der Waals surface area contributed by atoms with Gasteiger partial charge in [-0.3, -0.25) is 4.79 Å². The topological polar surface area (TPSA) is 76.0 Å². The molecule has 5 heteroatoms. The fourth-order valence-corrected chi connectivity index (χ4v) is 2.79. The Morgan fingerprint density at radius 1 is 1.38 bits per heavy atom. The molecular formula is C19H26O5. The zero-order valence-electron chi connectivity index (χ0n) is 14.3. The van der Waals surface area contributed by atoms with Crippen LogP contribution in [0.2, 0.25) is 0 Å². The van der Waals surface area contributed by atoms with Gasteiger partial charge in [0.25, 0.3) is 0 Å². The summed E-state index contributed by atoms with van der Waals surface area (Å²) < 4.78 is 12.1. The van der Waals surface area contributed by atoms with Crippen LogP contribution < -0.4 is 0 Å². The fraction of sp³-hybridized carbons (Fsp3) is 0.526. The van der Waals surface area contributed by atoms with Crippen LogP contribution in [0, 0.1) is 5.92 Å². The highest BCUT2D eigenvalue weighted by Crippen LogP contribution is 2.42. The van der Waals surface area contributed by atoms with Gasteiger partial charge in [-0.1, -0.05) is 37.3 Å². The van der Waals surface area contributed by atoms with Crippen molar-refractivity contribution < 1.29 is 24.5 Å². The predicted molar refractivity (Wildman–Crippen MR) is 90.7 cm³/mol. The van der Waals surface area contributed by atoms with Gasteiger partial charge in [-0.05, 0) is 32.3 Å². The molecule has 2 N–H and O–H groups in total. The first-order valence-corrected chi connectivity index (χ1v) is 8.41. The average molecular weight is 334 g/mol. The van der Waals surface area contributed by atoms with Crippen LogP contribution >= 0.6 is 0 Å². The lowest BCUT2D eigenvalue weighted by Crippen LogP contribution is -2.43. The molecule has 3 unspecified atom stereocenters. The Labute approximate surface area is 142 Å². The van der Waals surface area contributed by atoms with E-state index < -0.39 is 11.8 Å². The van der Waals surface area contributed by atoms with Crippen molar-refractivity contribution in [3.63, 3.8) is 0 Å². The number of aliphatic carboxylic acids is 1. The van der Waals surface area contributed by atoms with Gasteiger partial charge in [0.15, 0.2) is 5.79 Å². The van der Waals surface area contributed by atoms with Gasteiger partial charge in [0.1, 0.15) is 5.75 Å². The molecule has 1 aromatic carbocycles. The van der Waals surface area contributed by atoms with Gasteiger partial charge < -0.3 is 19.7 Å². The summed E-state index contributed by atoms with van der Waals surface area (Å²) in [4.78, 5) is 10.5. The molecule has 1 aliphatic rings. The van der Waals surface area contributed by atoms with Crippen molar-refractivity contribution >= 4 is 5.97 Å². The minimum absolute atomic E-state index is 0.0685. The highest BCUT2D eigenvalue weighted by Gasteiger charge is 2.39. The molecule has 0 spiro atoms. The molecule has 3 atom stereocenters. The summed E-state index contributed by atoms with van der Waals surface area (Å²) in [5.74, 6) is -1.16. The van der Waals surface area contributed by atoms with E-state index in [9.17, 15) is 9.90 Å². The number of ether oxygens (including phenoxy) is 2. The molecule has 0 bridgehead atoms. The highest BCUT2D eigenvalue weighted by molar-refractivity contribution is 5.66. The number of carbonyl (C=O) groups is 1. The first-order chi connectivity index (χ1) is 11.4. The average Bonchev–Trinajstić information content (AvgIpc) is 2.56. The maximum absolute atomic E-state index is 10.5. The summed E-state index contributed by atoms with van der Waals surface area (Å²) in [7, 11) is 0. The Balaban J connectivity index is 2.10. The smallest absolute Gasteiger partial charge is 0.303 e. The molecule has 1 fully saturated rings. The van der Waals surface area contributed by atoms with E-state index in [0.29, 0.717) is 19.4 Å². The van der Waals surface area contributed by atoms with E-state index in [1.807, 2.05) is 38.1 Å². The molecule has 2 rings (SSSR count). The molecule has 1 heterocycles. The number of benzene rings is 1. The molecule has 0 aromatic heterocycles. The van der Waals surface area contributed by atoms with E-state index >= 15 is 0 Å². The van der Waals surface area contributed by atoms with E-state index in [0.717, 1.165) is 12.0 Å². The highest BCUT2D eigenvalue weighted by atomic mass is 16.7. The molecule has 0 aliphatic carbocycles. The number of aromatic hydroxyl groups is 1. The third-order valence-corrected chi connectivity index (χ3v) is 4.42. The second kappa shape index (κ2) is 8.31. The lowest BCUT2D eigenvalue weighted by Gasteiger charge is -2.42. The predicted octanol–water partition coefficient (Wildman–Crippen LogP) is 4.03. The number of hydrogen-bond donors (Lipinski definition) is 2. The minimum Gasteiger partial charge on any atom is -0.508 e. The molecule has 5 nitrogen and oxygen atoms in total. The SMILES string of the molecule is CCC1(C)OCC(C/C=C\CCC(=O)O)C(c2ccccc2O)O1. The van der Waals surface area contributed by atoms with Gasteiger partial charge in [-0.25, -0.2) is 0 Å². The number of carboxylic acids is 1. The van der Waals surface area contributed by atoms with E-state index in [4.69, 9.17) is 14.6 Å². The van der Waals surface area contributed by atoms with Gasteiger partial charge in [0.2, 0.25) is 0 Å².